The van der Waals surface area contributed by atoms with Crippen molar-refractivity contribution >= 4 is 21.6 Å². The lowest BCUT2D eigenvalue weighted by Gasteiger charge is -2.33. The van der Waals surface area contributed by atoms with Gasteiger partial charge in [-0.1, -0.05) is 30.3 Å². The number of methoxy groups -OCH3 is 2. The maximum Gasteiger partial charge on any atom is 0.244 e. The van der Waals surface area contributed by atoms with Crippen molar-refractivity contribution in [2.24, 2.45) is 0 Å². The molecule has 164 valence electrons. The summed E-state index contributed by atoms with van der Waals surface area (Å²) < 4.78 is 36.7. The van der Waals surface area contributed by atoms with Crippen molar-refractivity contribution in [1.29, 1.82) is 0 Å². The summed E-state index contributed by atoms with van der Waals surface area (Å²) in [7, 11) is -0.781. The summed E-state index contributed by atoms with van der Waals surface area (Å²) in [5.41, 5.74) is 0.835. The van der Waals surface area contributed by atoms with E-state index in [1.165, 1.54) is 14.2 Å². The maximum absolute atomic E-state index is 13.0. The summed E-state index contributed by atoms with van der Waals surface area (Å²) >= 11 is 0. The lowest BCUT2D eigenvalue weighted by molar-refractivity contribution is -0.123. The Bertz CT molecular complexity index is 974. The van der Waals surface area contributed by atoms with Gasteiger partial charge in [-0.05, 0) is 44.9 Å². The molecule has 1 amide bonds. The monoisotopic (exact) mass is 434 g/mol. The highest BCUT2D eigenvalue weighted by Gasteiger charge is 2.32. The molecule has 0 aliphatic heterocycles. The van der Waals surface area contributed by atoms with Crippen molar-refractivity contribution in [3.05, 3.63) is 54.1 Å². The fraction of sp³-hybridized carbons (Fsp3) is 0.409. The first kappa shape index (κ1) is 23.5. The minimum absolute atomic E-state index is 0.318. The fourth-order valence-corrected chi connectivity index (χ4v) is 4.53. The van der Waals surface area contributed by atoms with Gasteiger partial charge < -0.3 is 14.8 Å². The number of sulfonamides is 1. The van der Waals surface area contributed by atoms with Crippen LogP contribution in [0.4, 0.5) is 5.69 Å². The number of ether oxygens (including phenoxy) is 2. The number of nitrogens with one attached hydrogen (secondary N) is 1. The first-order valence-corrected chi connectivity index (χ1v) is 11.4. The van der Waals surface area contributed by atoms with E-state index >= 15 is 0 Å². The van der Waals surface area contributed by atoms with Gasteiger partial charge in [0, 0.05) is 11.6 Å². The van der Waals surface area contributed by atoms with Crippen LogP contribution >= 0.6 is 0 Å². The largest absolute Gasteiger partial charge is 0.493 e. The summed E-state index contributed by atoms with van der Waals surface area (Å²) in [6, 6.07) is 13.6. The van der Waals surface area contributed by atoms with E-state index in [0.29, 0.717) is 23.6 Å². The maximum atomic E-state index is 13.0. The molecule has 1 N–H and O–H groups in total. The Morgan fingerprint density at radius 3 is 2.20 bits per heavy atom. The van der Waals surface area contributed by atoms with Crippen LogP contribution in [-0.2, 0) is 21.2 Å². The number of anilines is 1. The molecule has 0 radical (unpaired) electrons. The van der Waals surface area contributed by atoms with Gasteiger partial charge in [0.1, 0.15) is 6.04 Å². The number of carbonyl (C=O) groups is 1. The van der Waals surface area contributed by atoms with Crippen molar-refractivity contribution in [3.8, 4) is 11.5 Å². The number of hydrogen-bond acceptors (Lipinski definition) is 5. The van der Waals surface area contributed by atoms with Crippen LogP contribution in [0.5, 0.6) is 11.5 Å². The zero-order valence-electron chi connectivity index (χ0n) is 18.3. The van der Waals surface area contributed by atoms with E-state index in [1.807, 2.05) is 44.2 Å². The fourth-order valence-electron chi connectivity index (χ4n) is 3.36. The quantitative estimate of drug-likeness (QED) is 0.656. The first-order chi connectivity index (χ1) is 14.0. The van der Waals surface area contributed by atoms with Gasteiger partial charge in [-0.15, -0.1) is 0 Å². The van der Waals surface area contributed by atoms with Crippen molar-refractivity contribution in [2.45, 2.75) is 38.8 Å². The third-order valence-corrected chi connectivity index (χ3v) is 5.90. The molecular formula is C22H30N2O5S. The van der Waals surface area contributed by atoms with Crippen LogP contribution in [0.2, 0.25) is 0 Å². The molecule has 8 heteroatoms. The van der Waals surface area contributed by atoms with Crippen LogP contribution in [0, 0.1) is 0 Å². The number of amides is 1. The number of hydrogen-bond donors (Lipinski definition) is 1. The van der Waals surface area contributed by atoms with Crippen molar-refractivity contribution in [2.75, 3.05) is 24.8 Å². The second kappa shape index (κ2) is 9.38. The van der Waals surface area contributed by atoms with Crippen LogP contribution in [0.3, 0.4) is 0 Å². The molecule has 0 aliphatic rings. The molecular weight excluding hydrogens is 404 g/mol. The number of benzene rings is 2. The molecule has 2 aromatic rings. The smallest absolute Gasteiger partial charge is 0.244 e. The van der Waals surface area contributed by atoms with Crippen molar-refractivity contribution in [1.82, 2.24) is 5.32 Å². The molecule has 7 nitrogen and oxygen atoms in total. The predicted molar refractivity (Wildman–Crippen MR) is 119 cm³/mol. The molecule has 0 bridgehead atoms. The van der Waals surface area contributed by atoms with Gasteiger partial charge >= 0.3 is 0 Å². The standard InChI is InChI=1S/C22H30N2O5S/c1-16(21(25)23-22(2,3)15-17-10-8-7-9-11-17)24(30(6,26)27)18-12-13-19(28-4)20(14-18)29-5/h7-14,16H,15H2,1-6H3,(H,23,25)/t16-/m0/s1. The molecule has 0 saturated carbocycles. The molecule has 0 heterocycles. The van der Waals surface area contributed by atoms with Crippen LogP contribution in [0.1, 0.15) is 26.3 Å². The molecule has 0 fully saturated rings. The van der Waals surface area contributed by atoms with E-state index in [0.717, 1.165) is 16.1 Å². The zero-order valence-corrected chi connectivity index (χ0v) is 19.1. The summed E-state index contributed by atoms with van der Waals surface area (Å²) in [6.45, 7) is 5.38. The summed E-state index contributed by atoms with van der Waals surface area (Å²) in [5, 5.41) is 2.98. The van der Waals surface area contributed by atoms with E-state index in [2.05, 4.69) is 5.32 Å². The second-order valence-electron chi connectivity index (χ2n) is 7.81. The molecule has 2 rings (SSSR count). The molecule has 0 saturated heterocycles. The van der Waals surface area contributed by atoms with E-state index in [-0.39, 0.29) is 0 Å². The van der Waals surface area contributed by atoms with Crippen LogP contribution in [0.25, 0.3) is 0 Å². The average Bonchev–Trinajstić information content (AvgIpc) is 2.66. The van der Waals surface area contributed by atoms with Gasteiger partial charge in [-0.25, -0.2) is 8.42 Å². The number of nitrogens with zero attached hydrogens (tertiary/aromatic N) is 1. The van der Waals surface area contributed by atoms with E-state index in [1.54, 1.807) is 25.1 Å². The van der Waals surface area contributed by atoms with Crippen LogP contribution in [-0.4, -0.2) is 46.4 Å². The second-order valence-corrected chi connectivity index (χ2v) is 9.67. The van der Waals surface area contributed by atoms with Gasteiger partial charge in [0.05, 0.1) is 26.2 Å². The Morgan fingerprint density at radius 2 is 1.67 bits per heavy atom. The highest BCUT2D eigenvalue weighted by molar-refractivity contribution is 7.92. The van der Waals surface area contributed by atoms with Crippen molar-refractivity contribution < 1.29 is 22.7 Å². The van der Waals surface area contributed by atoms with Crippen LogP contribution in [0.15, 0.2) is 48.5 Å². The predicted octanol–water partition coefficient (Wildman–Crippen LogP) is 3.00. The van der Waals surface area contributed by atoms with Gasteiger partial charge in [-0.3, -0.25) is 9.10 Å². The molecule has 1 atom stereocenters. The summed E-state index contributed by atoms with van der Waals surface area (Å²) in [5.74, 6) is 0.451. The number of carbonyl (C=O) groups excluding carboxylic acids is 1. The Labute approximate surface area is 179 Å². The average molecular weight is 435 g/mol. The summed E-state index contributed by atoms with van der Waals surface area (Å²) in [6.07, 6.45) is 1.68. The molecule has 0 aromatic heterocycles. The highest BCUT2D eigenvalue weighted by Crippen LogP contribution is 2.33. The third-order valence-electron chi connectivity index (χ3n) is 4.66. The van der Waals surface area contributed by atoms with Crippen molar-refractivity contribution in [3.63, 3.8) is 0 Å². The van der Waals surface area contributed by atoms with Gasteiger partial charge in [0.15, 0.2) is 11.5 Å². The lowest BCUT2D eigenvalue weighted by atomic mass is 9.94. The topological polar surface area (TPSA) is 84.9 Å². The van der Waals surface area contributed by atoms with E-state index < -0.39 is 27.5 Å². The Morgan fingerprint density at radius 1 is 1.07 bits per heavy atom. The molecule has 2 aromatic carbocycles. The van der Waals surface area contributed by atoms with Gasteiger partial charge in [-0.2, -0.15) is 0 Å². The van der Waals surface area contributed by atoms with Gasteiger partial charge in [0.25, 0.3) is 0 Å². The minimum Gasteiger partial charge on any atom is -0.493 e. The molecule has 30 heavy (non-hydrogen) atoms. The zero-order chi connectivity index (χ0) is 22.5. The summed E-state index contributed by atoms with van der Waals surface area (Å²) in [4.78, 5) is 13.0. The Hall–Kier alpha value is -2.74. The lowest BCUT2D eigenvalue weighted by Crippen LogP contribution is -2.54. The highest BCUT2D eigenvalue weighted by atomic mass is 32.2. The normalized spacial score (nSPS) is 12.7. The minimum atomic E-state index is -3.75. The Kier molecular flexibility index (Phi) is 7.36. The molecule has 0 aliphatic carbocycles. The molecule has 0 unspecified atom stereocenters. The SMILES string of the molecule is COc1ccc(N([C@@H](C)C(=O)NC(C)(C)Cc2ccccc2)S(C)(=O)=O)cc1OC. The number of rotatable bonds is 9. The molecule has 0 spiro atoms. The van der Waals surface area contributed by atoms with E-state index in [4.69, 9.17) is 9.47 Å². The van der Waals surface area contributed by atoms with Gasteiger partial charge in [0.2, 0.25) is 15.9 Å². The first-order valence-electron chi connectivity index (χ1n) is 9.56. The van der Waals surface area contributed by atoms with Crippen LogP contribution < -0.4 is 19.1 Å². The van der Waals surface area contributed by atoms with E-state index in [9.17, 15) is 13.2 Å². The Balaban J connectivity index is 2.29. The third kappa shape index (κ3) is 5.89.